The second-order valence-corrected chi connectivity index (χ2v) is 4.64. The summed E-state index contributed by atoms with van der Waals surface area (Å²) in [5.41, 5.74) is 8.50. The monoisotopic (exact) mass is 297 g/mol. The molecule has 0 spiro atoms. The zero-order valence-electron chi connectivity index (χ0n) is 10.5. The van der Waals surface area contributed by atoms with Gasteiger partial charge in [0.2, 0.25) is 0 Å². The minimum absolute atomic E-state index is 0.0741. The van der Waals surface area contributed by atoms with Gasteiger partial charge in [-0.05, 0) is 24.3 Å². The molecule has 0 fully saturated rings. The van der Waals surface area contributed by atoms with E-state index in [9.17, 15) is 8.42 Å². The van der Waals surface area contributed by atoms with Crippen LogP contribution in [0.2, 0.25) is 0 Å². The maximum atomic E-state index is 10.4. The van der Waals surface area contributed by atoms with E-state index < -0.39 is 16.1 Å². The van der Waals surface area contributed by atoms with Crippen LogP contribution in [0.1, 0.15) is 0 Å². The number of primary amides is 2. The van der Waals surface area contributed by atoms with Crippen LogP contribution >= 0.6 is 0 Å². The van der Waals surface area contributed by atoms with Gasteiger partial charge in [0.15, 0.2) is 0 Å². The van der Waals surface area contributed by atoms with Crippen molar-refractivity contribution in [1.82, 2.24) is 4.98 Å². The fourth-order valence-electron chi connectivity index (χ4n) is 0.905. The summed E-state index contributed by atoms with van der Waals surface area (Å²) < 4.78 is 29.2. The number of hydrogen-bond donors (Lipinski definition) is 3. The second kappa shape index (κ2) is 9.48. The van der Waals surface area contributed by atoms with Gasteiger partial charge in [-0.25, -0.2) is 4.79 Å². The standard InChI is InChI=1S/C6H6O3S.C5H5N.CH4N2O/c7-10(8,9)6-4-2-1-3-5-6;1-2-4-6-5-3-1;2-1(3)4/h1-5H,(H,7,8,9);1-5H;(H4,2,3,4). The predicted molar refractivity (Wildman–Crippen MR) is 74.3 cm³/mol. The smallest absolute Gasteiger partial charge is 0.309 e. The molecule has 0 aliphatic rings. The molecule has 0 atom stereocenters. The molecule has 0 saturated heterocycles. The Balaban J connectivity index is 0.000000307. The molecule has 0 bridgehead atoms. The molecule has 7 nitrogen and oxygen atoms in total. The van der Waals surface area contributed by atoms with Crippen LogP contribution < -0.4 is 11.5 Å². The topological polar surface area (TPSA) is 136 Å². The first-order valence-electron chi connectivity index (χ1n) is 5.26. The van der Waals surface area contributed by atoms with E-state index in [0.717, 1.165) is 0 Å². The number of carbonyl (C=O) groups excluding carboxylic acids is 1. The summed E-state index contributed by atoms with van der Waals surface area (Å²) in [5, 5.41) is 0. The second-order valence-electron chi connectivity index (χ2n) is 3.22. The highest BCUT2D eigenvalue weighted by atomic mass is 32.2. The van der Waals surface area contributed by atoms with Crippen molar-refractivity contribution in [1.29, 1.82) is 0 Å². The van der Waals surface area contributed by atoms with Gasteiger partial charge in [-0.2, -0.15) is 8.42 Å². The predicted octanol–water partition coefficient (Wildman–Crippen LogP) is 1.04. The highest BCUT2D eigenvalue weighted by molar-refractivity contribution is 7.85. The molecule has 2 rings (SSSR count). The molecule has 2 amide bonds. The van der Waals surface area contributed by atoms with Crippen molar-refractivity contribution in [2.75, 3.05) is 0 Å². The van der Waals surface area contributed by atoms with E-state index in [0.29, 0.717) is 0 Å². The average molecular weight is 297 g/mol. The first-order valence-corrected chi connectivity index (χ1v) is 6.70. The van der Waals surface area contributed by atoms with Crippen LogP contribution in [0.15, 0.2) is 65.8 Å². The summed E-state index contributed by atoms with van der Waals surface area (Å²) in [7, 11) is -4.00. The van der Waals surface area contributed by atoms with E-state index in [1.165, 1.54) is 12.1 Å². The minimum atomic E-state index is -4.00. The summed E-state index contributed by atoms with van der Waals surface area (Å²) in [6.07, 6.45) is 3.50. The van der Waals surface area contributed by atoms with Gasteiger partial charge in [-0.3, -0.25) is 9.54 Å². The Kier molecular flexibility index (Phi) is 8.32. The number of rotatable bonds is 1. The third-order valence-corrected chi connectivity index (χ3v) is 2.48. The zero-order valence-corrected chi connectivity index (χ0v) is 11.3. The molecule has 20 heavy (non-hydrogen) atoms. The highest BCUT2D eigenvalue weighted by Crippen LogP contribution is 2.05. The quantitative estimate of drug-likeness (QED) is 0.675. The Labute approximate surface area is 117 Å². The number of nitrogens with zero attached hydrogens (tertiary/aromatic N) is 1. The van der Waals surface area contributed by atoms with E-state index in [4.69, 9.17) is 9.35 Å². The Bertz CT molecular complexity index is 558. The molecule has 108 valence electrons. The molecule has 1 aromatic heterocycles. The molecular formula is C12H15N3O4S. The number of aromatic nitrogens is 1. The lowest BCUT2D eigenvalue weighted by molar-refractivity contribution is 0.256. The van der Waals surface area contributed by atoms with Gasteiger partial charge >= 0.3 is 6.03 Å². The summed E-state index contributed by atoms with van der Waals surface area (Å²) in [4.78, 5) is 12.7. The first kappa shape index (κ1) is 17.6. The van der Waals surface area contributed by atoms with Crippen LogP contribution in [0.3, 0.4) is 0 Å². The van der Waals surface area contributed by atoms with E-state index in [2.05, 4.69) is 16.5 Å². The molecule has 1 aromatic carbocycles. The Hall–Kier alpha value is -2.45. The summed E-state index contributed by atoms with van der Waals surface area (Å²) in [6, 6.07) is 12.3. The number of benzene rings is 1. The maximum Gasteiger partial charge on any atom is 0.309 e. The molecule has 0 aliphatic heterocycles. The van der Waals surface area contributed by atoms with Crippen LogP contribution in [0.25, 0.3) is 0 Å². The normalized spacial score (nSPS) is 9.25. The van der Waals surface area contributed by atoms with Crippen LogP contribution in [-0.2, 0) is 10.1 Å². The van der Waals surface area contributed by atoms with E-state index in [1.54, 1.807) is 30.6 Å². The van der Waals surface area contributed by atoms with Crippen LogP contribution in [0, 0.1) is 0 Å². The minimum Gasteiger partial charge on any atom is -0.352 e. The van der Waals surface area contributed by atoms with Crippen molar-refractivity contribution in [3.05, 3.63) is 60.9 Å². The largest absolute Gasteiger partial charge is 0.352 e. The van der Waals surface area contributed by atoms with Gasteiger partial charge in [0.25, 0.3) is 10.1 Å². The summed E-state index contributed by atoms with van der Waals surface area (Å²) >= 11 is 0. The number of amides is 2. The van der Waals surface area contributed by atoms with Gasteiger partial charge in [0.05, 0.1) is 4.90 Å². The average Bonchev–Trinajstić information content (AvgIpc) is 2.41. The number of urea groups is 1. The Morgan fingerprint density at radius 2 is 1.35 bits per heavy atom. The molecule has 5 N–H and O–H groups in total. The zero-order chi connectivity index (χ0) is 15.4. The maximum absolute atomic E-state index is 10.4. The molecule has 0 unspecified atom stereocenters. The molecule has 0 aliphatic carbocycles. The molecular weight excluding hydrogens is 282 g/mol. The van der Waals surface area contributed by atoms with Crippen LogP contribution in [-0.4, -0.2) is 24.0 Å². The number of carbonyl (C=O) groups is 1. The highest BCUT2D eigenvalue weighted by Gasteiger charge is 2.05. The molecule has 0 saturated carbocycles. The van der Waals surface area contributed by atoms with Crippen molar-refractivity contribution in [2.45, 2.75) is 4.90 Å². The molecule has 8 heteroatoms. The first-order chi connectivity index (χ1) is 9.34. The van der Waals surface area contributed by atoms with Gasteiger partial charge in [-0.15, -0.1) is 0 Å². The lowest BCUT2D eigenvalue weighted by Gasteiger charge is -1.92. The Morgan fingerprint density at radius 1 is 0.950 bits per heavy atom. The van der Waals surface area contributed by atoms with Crippen LogP contribution in [0.5, 0.6) is 0 Å². The summed E-state index contributed by atoms with van der Waals surface area (Å²) in [5.74, 6) is 0. The number of pyridine rings is 1. The third-order valence-electron chi connectivity index (χ3n) is 1.61. The van der Waals surface area contributed by atoms with Crippen molar-refractivity contribution >= 4 is 16.1 Å². The van der Waals surface area contributed by atoms with Crippen molar-refractivity contribution in [3.8, 4) is 0 Å². The number of hydrogen-bond acceptors (Lipinski definition) is 4. The van der Waals surface area contributed by atoms with E-state index >= 15 is 0 Å². The molecule has 2 aromatic rings. The number of nitrogens with two attached hydrogens (primary N) is 2. The lowest BCUT2D eigenvalue weighted by atomic mass is 10.4. The lowest BCUT2D eigenvalue weighted by Crippen LogP contribution is -2.18. The molecule has 0 radical (unpaired) electrons. The Morgan fingerprint density at radius 3 is 1.55 bits per heavy atom. The SMILES string of the molecule is NC(N)=O.O=S(=O)(O)c1ccccc1.c1ccncc1. The van der Waals surface area contributed by atoms with Gasteiger partial charge in [-0.1, -0.05) is 24.3 Å². The fraction of sp³-hybridized carbons (Fsp3) is 0. The van der Waals surface area contributed by atoms with E-state index in [1.807, 2.05) is 18.2 Å². The van der Waals surface area contributed by atoms with Crippen molar-refractivity contribution < 1.29 is 17.8 Å². The summed E-state index contributed by atoms with van der Waals surface area (Å²) in [6.45, 7) is 0. The molecule has 1 heterocycles. The van der Waals surface area contributed by atoms with Crippen LogP contribution in [0.4, 0.5) is 4.79 Å². The van der Waals surface area contributed by atoms with Gasteiger partial charge in [0, 0.05) is 12.4 Å². The van der Waals surface area contributed by atoms with Crippen molar-refractivity contribution in [3.63, 3.8) is 0 Å². The fourth-order valence-corrected chi connectivity index (χ4v) is 1.41. The van der Waals surface area contributed by atoms with E-state index in [-0.39, 0.29) is 4.90 Å². The van der Waals surface area contributed by atoms with Crippen molar-refractivity contribution in [2.24, 2.45) is 11.5 Å². The third kappa shape index (κ3) is 10.7. The van der Waals surface area contributed by atoms with Gasteiger partial charge < -0.3 is 11.5 Å². The van der Waals surface area contributed by atoms with Gasteiger partial charge in [0.1, 0.15) is 0 Å².